The normalized spacial score (nSPS) is 10.8. The van der Waals surface area contributed by atoms with Gasteiger partial charge in [0.2, 0.25) is 5.91 Å². The average molecular weight is 331 g/mol. The lowest BCUT2D eigenvalue weighted by Gasteiger charge is -2.08. The zero-order chi connectivity index (χ0) is 14.3. The fraction of sp³-hybridized carbons (Fsp3) is 0.500. The van der Waals surface area contributed by atoms with Crippen LogP contribution in [0, 0.1) is 11.7 Å². The first-order chi connectivity index (χ1) is 8.99. The van der Waals surface area contributed by atoms with Crippen molar-refractivity contribution in [2.75, 3.05) is 13.1 Å². The maximum absolute atomic E-state index is 13.0. The Labute approximate surface area is 122 Å². The van der Waals surface area contributed by atoms with Gasteiger partial charge in [-0.3, -0.25) is 4.79 Å². The van der Waals surface area contributed by atoms with E-state index in [1.807, 2.05) is 0 Å². The number of hydrogen-bond acceptors (Lipinski definition) is 2. The van der Waals surface area contributed by atoms with Crippen molar-refractivity contribution in [1.29, 1.82) is 0 Å². The molecule has 2 N–H and O–H groups in total. The first kappa shape index (κ1) is 16.1. The van der Waals surface area contributed by atoms with Crippen molar-refractivity contribution < 1.29 is 9.18 Å². The molecular weight excluding hydrogens is 311 g/mol. The second-order valence-corrected chi connectivity index (χ2v) is 5.73. The van der Waals surface area contributed by atoms with E-state index < -0.39 is 0 Å². The van der Waals surface area contributed by atoms with E-state index in [0.717, 1.165) is 5.56 Å². The van der Waals surface area contributed by atoms with Crippen LogP contribution in [-0.2, 0) is 11.3 Å². The van der Waals surface area contributed by atoms with Gasteiger partial charge in [0.1, 0.15) is 5.82 Å². The van der Waals surface area contributed by atoms with Gasteiger partial charge in [0, 0.05) is 26.1 Å². The van der Waals surface area contributed by atoms with E-state index in [1.54, 1.807) is 12.1 Å². The average Bonchev–Trinajstić information content (AvgIpc) is 2.36. The van der Waals surface area contributed by atoms with Crippen LogP contribution < -0.4 is 10.6 Å². The monoisotopic (exact) mass is 330 g/mol. The van der Waals surface area contributed by atoms with E-state index in [-0.39, 0.29) is 11.7 Å². The predicted octanol–water partition coefficient (Wildman–Crippen LogP) is 2.84. The summed E-state index contributed by atoms with van der Waals surface area (Å²) in [5.41, 5.74) is 0.982. The number of halogens is 2. The van der Waals surface area contributed by atoms with Crippen LogP contribution in [0.15, 0.2) is 22.7 Å². The fourth-order valence-corrected chi connectivity index (χ4v) is 1.92. The van der Waals surface area contributed by atoms with Gasteiger partial charge in [-0.25, -0.2) is 4.39 Å². The zero-order valence-corrected chi connectivity index (χ0v) is 12.9. The minimum atomic E-state index is -0.267. The standard InChI is InChI=1S/C14H20BrFN2O/c1-10(2)8-18-14(19)5-6-17-9-11-3-4-13(16)12(15)7-11/h3-4,7,10,17H,5-6,8-9H2,1-2H3,(H,18,19). The van der Waals surface area contributed by atoms with Gasteiger partial charge in [0.25, 0.3) is 0 Å². The van der Waals surface area contributed by atoms with Gasteiger partial charge in [-0.2, -0.15) is 0 Å². The summed E-state index contributed by atoms with van der Waals surface area (Å²) in [7, 11) is 0. The maximum Gasteiger partial charge on any atom is 0.221 e. The van der Waals surface area contributed by atoms with E-state index in [4.69, 9.17) is 0 Å². The molecule has 19 heavy (non-hydrogen) atoms. The van der Waals surface area contributed by atoms with Crippen molar-refractivity contribution in [3.8, 4) is 0 Å². The molecule has 0 bridgehead atoms. The Morgan fingerprint density at radius 3 is 2.79 bits per heavy atom. The molecule has 5 heteroatoms. The maximum atomic E-state index is 13.0. The summed E-state index contributed by atoms with van der Waals surface area (Å²) in [6, 6.07) is 4.89. The number of hydrogen-bond donors (Lipinski definition) is 2. The molecule has 1 amide bonds. The quantitative estimate of drug-likeness (QED) is 0.755. The molecule has 0 spiro atoms. The molecule has 0 aromatic heterocycles. The second kappa shape index (κ2) is 8.27. The highest BCUT2D eigenvalue weighted by Crippen LogP contribution is 2.16. The lowest BCUT2D eigenvalue weighted by atomic mass is 10.2. The van der Waals surface area contributed by atoms with E-state index in [0.29, 0.717) is 36.4 Å². The number of carbonyl (C=O) groups is 1. The number of rotatable bonds is 7. The molecule has 0 radical (unpaired) electrons. The first-order valence-electron chi connectivity index (χ1n) is 6.40. The van der Waals surface area contributed by atoms with Gasteiger partial charge in [0.05, 0.1) is 4.47 Å². The van der Waals surface area contributed by atoms with Crippen LogP contribution in [0.5, 0.6) is 0 Å². The number of amides is 1. The van der Waals surface area contributed by atoms with Crippen molar-refractivity contribution in [2.45, 2.75) is 26.8 Å². The summed E-state index contributed by atoms with van der Waals surface area (Å²) in [4.78, 5) is 11.4. The molecule has 0 aliphatic heterocycles. The minimum absolute atomic E-state index is 0.0569. The van der Waals surface area contributed by atoms with E-state index >= 15 is 0 Å². The minimum Gasteiger partial charge on any atom is -0.356 e. The van der Waals surface area contributed by atoms with E-state index in [1.165, 1.54) is 6.07 Å². The Kier molecular flexibility index (Phi) is 7.02. The Bertz CT molecular complexity index is 424. The van der Waals surface area contributed by atoms with Crippen molar-refractivity contribution in [1.82, 2.24) is 10.6 Å². The highest BCUT2D eigenvalue weighted by molar-refractivity contribution is 9.10. The Morgan fingerprint density at radius 2 is 2.16 bits per heavy atom. The first-order valence-corrected chi connectivity index (χ1v) is 7.19. The molecule has 0 heterocycles. The number of nitrogens with one attached hydrogen (secondary N) is 2. The molecule has 106 valence electrons. The molecular formula is C14H20BrFN2O. The third-order valence-electron chi connectivity index (χ3n) is 2.55. The van der Waals surface area contributed by atoms with Crippen LogP contribution in [0.2, 0.25) is 0 Å². The lowest BCUT2D eigenvalue weighted by Crippen LogP contribution is -2.30. The second-order valence-electron chi connectivity index (χ2n) is 4.87. The van der Waals surface area contributed by atoms with Crippen LogP contribution >= 0.6 is 15.9 Å². The predicted molar refractivity (Wildman–Crippen MR) is 78.3 cm³/mol. The van der Waals surface area contributed by atoms with Crippen molar-refractivity contribution in [3.63, 3.8) is 0 Å². The van der Waals surface area contributed by atoms with Gasteiger partial charge < -0.3 is 10.6 Å². The topological polar surface area (TPSA) is 41.1 Å². The smallest absolute Gasteiger partial charge is 0.221 e. The van der Waals surface area contributed by atoms with Crippen molar-refractivity contribution >= 4 is 21.8 Å². The van der Waals surface area contributed by atoms with Gasteiger partial charge in [-0.05, 0) is 39.5 Å². The van der Waals surface area contributed by atoms with Gasteiger partial charge in [-0.15, -0.1) is 0 Å². The van der Waals surface area contributed by atoms with Gasteiger partial charge >= 0.3 is 0 Å². The molecule has 0 saturated heterocycles. The van der Waals surface area contributed by atoms with Gasteiger partial charge in [0.15, 0.2) is 0 Å². The molecule has 0 atom stereocenters. The van der Waals surface area contributed by atoms with Crippen LogP contribution in [-0.4, -0.2) is 19.0 Å². The van der Waals surface area contributed by atoms with Crippen LogP contribution in [0.4, 0.5) is 4.39 Å². The molecule has 3 nitrogen and oxygen atoms in total. The highest BCUT2D eigenvalue weighted by atomic mass is 79.9. The third-order valence-corrected chi connectivity index (χ3v) is 3.16. The molecule has 1 aromatic carbocycles. The Balaban J connectivity index is 2.20. The summed E-state index contributed by atoms with van der Waals surface area (Å²) >= 11 is 3.15. The van der Waals surface area contributed by atoms with E-state index in [2.05, 4.69) is 40.4 Å². The molecule has 1 aromatic rings. The highest BCUT2D eigenvalue weighted by Gasteiger charge is 2.03. The SMILES string of the molecule is CC(C)CNC(=O)CCNCc1ccc(F)c(Br)c1. The van der Waals surface area contributed by atoms with E-state index in [9.17, 15) is 9.18 Å². The van der Waals surface area contributed by atoms with Crippen molar-refractivity contribution in [2.24, 2.45) is 5.92 Å². The molecule has 0 aliphatic carbocycles. The van der Waals surface area contributed by atoms with Crippen LogP contribution in [0.25, 0.3) is 0 Å². The summed E-state index contributed by atoms with van der Waals surface area (Å²) in [6.45, 7) is 6.06. The summed E-state index contributed by atoms with van der Waals surface area (Å²) in [5.74, 6) is 0.256. The van der Waals surface area contributed by atoms with Crippen LogP contribution in [0.3, 0.4) is 0 Å². The zero-order valence-electron chi connectivity index (χ0n) is 11.3. The molecule has 0 aliphatic rings. The molecule has 1 rings (SSSR count). The largest absolute Gasteiger partial charge is 0.356 e. The van der Waals surface area contributed by atoms with Crippen molar-refractivity contribution in [3.05, 3.63) is 34.1 Å². The summed E-state index contributed by atoms with van der Waals surface area (Å²) in [5, 5.41) is 6.02. The lowest BCUT2D eigenvalue weighted by molar-refractivity contribution is -0.121. The number of benzene rings is 1. The fourth-order valence-electron chi connectivity index (χ4n) is 1.49. The molecule has 0 unspecified atom stereocenters. The molecule has 0 fully saturated rings. The Morgan fingerprint density at radius 1 is 1.42 bits per heavy atom. The van der Waals surface area contributed by atoms with Gasteiger partial charge in [-0.1, -0.05) is 19.9 Å². The number of carbonyl (C=O) groups excluding carboxylic acids is 1. The third kappa shape index (κ3) is 6.68. The van der Waals surface area contributed by atoms with Crippen LogP contribution in [0.1, 0.15) is 25.8 Å². The Hall–Kier alpha value is -0.940. The summed E-state index contributed by atoms with van der Waals surface area (Å²) < 4.78 is 13.5. The molecule has 0 saturated carbocycles. The summed E-state index contributed by atoms with van der Waals surface area (Å²) in [6.07, 6.45) is 0.453.